The van der Waals surface area contributed by atoms with E-state index in [1.165, 1.54) is 0 Å². The summed E-state index contributed by atoms with van der Waals surface area (Å²) in [5, 5.41) is 12.8. The van der Waals surface area contributed by atoms with Gasteiger partial charge in [0.15, 0.2) is 6.10 Å². The van der Waals surface area contributed by atoms with Crippen LogP contribution in [0.1, 0.15) is 32.1 Å². The molecule has 0 aromatic rings. The predicted octanol–water partition coefficient (Wildman–Crippen LogP) is 0.212. The number of aliphatic hydroxyl groups is 1. The van der Waals surface area contributed by atoms with Crippen LogP contribution in [-0.2, 0) is 14.3 Å². The first-order chi connectivity index (χ1) is 8.27. The highest BCUT2D eigenvalue weighted by atomic mass is 16.6. The van der Waals surface area contributed by atoms with E-state index in [1.54, 1.807) is 0 Å². The van der Waals surface area contributed by atoms with Gasteiger partial charge in [0.1, 0.15) is 0 Å². The number of ether oxygens (including phenoxy) is 2. The van der Waals surface area contributed by atoms with Crippen molar-refractivity contribution in [3.05, 3.63) is 0 Å². The van der Waals surface area contributed by atoms with Crippen molar-refractivity contribution in [2.75, 3.05) is 19.8 Å². The molecular weight excluding hydrogens is 222 g/mol. The minimum Gasteiger partial charge on any atom is -0.391 e. The zero-order valence-corrected chi connectivity index (χ0v) is 10.1. The van der Waals surface area contributed by atoms with Crippen LogP contribution >= 0.6 is 0 Å². The van der Waals surface area contributed by atoms with Gasteiger partial charge in [-0.05, 0) is 12.8 Å². The second-order valence-electron chi connectivity index (χ2n) is 4.75. The fraction of sp³-hybridized carbons (Fsp3) is 0.917. The first-order valence-corrected chi connectivity index (χ1v) is 6.45. The molecule has 0 aromatic heterocycles. The fourth-order valence-electron chi connectivity index (χ4n) is 2.37. The molecule has 98 valence electrons. The summed E-state index contributed by atoms with van der Waals surface area (Å²) in [6.07, 6.45) is 3.91. The third-order valence-electron chi connectivity index (χ3n) is 3.42. The van der Waals surface area contributed by atoms with Gasteiger partial charge in [-0.2, -0.15) is 0 Å². The number of nitrogens with one attached hydrogen (secondary N) is 1. The van der Waals surface area contributed by atoms with Gasteiger partial charge in [0.25, 0.3) is 5.91 Å². The zero-order chi connectivity index (χ0) is 12.1. The molecule has 1 heterocycles. The number of aliphatic hydroxyl groups excluding tert-OH is 1. The minimum absolute atomic E-state index is 0.129. The maximum atomic E-state index is 11.9. The van der Waals surface area contributed by atoms with Gasteiger partial charge in [-0.1, -0.05) is 19.3 Å². The van der Waals surface area contributed by atoms with Crippen molar-refractivity contribution in [3.63, 3.8) is 0 Å². The predicted molar refractivity (Wildman–Crippen MR) is 61.6 cm³/mol. The second-order valence-corrected chi connectivity index (χ2v) is 4.75. The molecule has 0 bridgehead atoms. The first-order valence-electron chi connectivity index (χ1n) is 6.45. The SMILES string of the molecule is O=C(NC1CCCCCC1O)C1COCCO1. The third-order valence-corrected chi connectivity index (χ3v) is 3.42. The number of carbonyl (C=O) groups is 1. The molecule has 3 atom stereocenters. The Hall–Kier alpha value is -0.650. The molecule has 1 saturated heterocycles. The second kappa shape index (κ2) is 6.33. The van der Waals surface area contributed by atoms with Gasteiger partial charge in [-0.15, -0.1) is 0 Å². The maximum absolute atomic E-state index is 11.9. The summed E-state index contributed by atoms with van der Waals surface area (Å²) >= 11 is 0. The van der Waals surface area contributed by atoms with E-state index < -0.39 is 12.2 Å². The summed E-state index contributed by atoms with van der Waals surface area (Å²) < 4.78 is 10.5. The van der Waals surface area contributed by atoms with E-state index in [0.717, 1.165) is 32.1 Å². The molecule has 3 unspecified atom stereocenters. The highest BCUT2D eigenvalue weighted by Crippen LogP contribution is 2.18. The minimum atomic E-state index is -0.515. The molecule has 2 aliphatic rings. The van der Waals surface area contributed by atoms with E-state index in [-0.39, 0.29) is 11.9 Å². The number of hydrogen-bond donors (Lipinski definition) is 2. The molecule has 0 aromatic carbocycles. The molecule has 5 heteroatoms. The van der Waals surface area contributed by atoms with Crippen LogP contribution in [-0.4, -0.2) is 49.1 Å². The summed E-state index contributed by atoms with van der Waals surface area (Å²) in [6, 6.07) is -0.129. The van der Waals surface area contributed by atoms with Crippen LogP contribution in [0.15, 0.2) is 0 Å². The van der Waals surface area contributed by atoms with Crippen LogP contribution in [0, 0.1) is 0 Å². The monoisotopic (exact) mass is 243 g/mol. The highest BCUT2D eigenvalue weighted by Gasteiger charge is 2.28. The van der Waals surface area contributed by atoms with E-state index >= 15 is 0 Å². The van der Waals surface area contributed by atoms with Crippen molar-refractivity contribution >= 4 is 5.91 Å². The van der Waals surface area contributed by atoms with E-state index in [4.69, 9.17) is 9.47 Å². The Morgan fingerprint density at radius 1 is 1.18 bits per heavy atom. The fourth-order valence-corrected chi connectivity index (χ4v) is 2.37. The smallest absolute Gasteiger partial charge is 0.251 e. The largest absolute Gasteiger partial charge is 0.391 e. The van der Waals surface area contributed by atoms with E-state index in [0.29, 0.717) is 19.8 Å². The Balaban J connectivity index is 1.83. The number of rotatable bonds is 2. The third kappa shape index (κ3) is 3.66. The van der Waals surface area contributed by atoms with Gasteiger partial charge in [-0.25, -0.2) is 0 Å². The van der Waals surface area contributed by atoms with Crippen LogP contribution in [0.2, 0.25) is 0 Å². The summed E-state index contributed by atoms with van der Waals surface area (Å²) in [4.78, 5) is 11.9. The van der Waals surface area contributed by atoms with E-state index in [1.807, 2.05) is 0 Å². The molecule has 1 saturated carbocycles. The molecule has 1 aliphatic carbocycles. The molecular formula is C12H21NO4. The van der Waals surface area contributed by atoms with Gasteiger partial charge in [0, 0.05) is 0 Å². The number of amides is 1. The van der Waals surface area contributed by atoms with Crippen LogP contribution in [0.25, 0.3) is 0 Å². The van der Waals surface area contributed by atoms with E-state index in [2.05, 4.69) is 5.32 Å². The lowest BCUT2D eigenvalue weighted by Gasteiger charge is -2.27. The molecule has 2 fully saturated rings. The summed E-state index contributed by atoms with van der Waals surface area (Å²) in [5.74, 6) is -0.157. The Morgan fingerprint density at radius 2 is 2.00 bits per heavy atom. The van der Waals surface area contributed by atoms with Gasteiger partial charge in [-0.3, -0.25) is 4.79 Å². The van der Waals surface area contributed by atoms with E-state index in [9.17, 15) is 9.90 Å². The lowest BCUT2D eigenvalue weighted by molar-refractivity contribution is -0.149. The van der Waals surface area contributed by atoms with Crippen molar-refractivity contribution in [2.45, 2.75) is 50.4 Å². The molecule has 0 radical (unpaired) electrons. The highest BCUT2D eigenvalue weighted by molar-refractivity contribution is 5.81. The summed E-state index contributed by atoms with van der Waals surface area (Å²) in [6.45, 7) is 1.33. The molecule has 5 nitrogen and oxygen atoms in total. The van der Waals surface area contributed by atoms with Crippen LogP contribution in [0.5, 0.6) is 0 Å². The lowest BCUT2D eigenvalue weighted by atomic mass is 10.1. The first kappa shape index (κ1) is 12.8. The van der Waals surface area contributed by atoms with Crippen molar-refractivity contribution in [1.29, 1.82) is 0 Å². The molecule has 2 rings (SSSR count). The number of carbonyl (C=O) groups excluding carboxylic acids is 1. The average molecular weight is 243 g/mol. The topological polar surface area (TPSA) is 67.8 Å². The van der Waals surface area contributed by atoms with Gasteiger partial charge < -0.3 is 19.9 Å². The van der Waals surface area contributed by atoms with Crippen molar-refractivity contribution < 1.29 is 19.4 Å². The Bertz CT molecular complexity index is 253. The van der Waals surface area contributed by atoms with Gasteiger partial charge in [0.2, 0.25) is 0 Å². The Morgan fingerprint density at radius 3 is 2.76 bits per heavy atom. The standard InChI is InChI=1S/C12H21NO4/c14-10-5-3-1-2-4-9(10)13-12(15)11-8-16-6-7-17-11/h9-11,14H,1-8H2,(H,13,15). The summed E-state index contributed by atoms with van der Waals surface area (Å²) in [5.41, 5.74) is 0. The molecule has 1 amide bonds. The van der Waals surface area contributed by atoms with Crippen LogP contribution in [0.3, 0.4) is 0 Å². The van der Waals surface area contributed by atoms with Crippen molar-refractivity contribution in [1.82, 2.24) is 5.32 Å². The zero-order valence-electron chi connectivity index (χ0n) is 10.1. The quantitative estimate of drug-likeness (QED) is 0.680. The van der Waals surface area contributed by atoms with Crippen molar-refractivity contribution in [2.24, 2.45) is 0 Å². The molecule has 17 heavy (non-hydrogen) atoms. The number of hydrogen-bond acceptors (Lipinski definition) is 4. The normalized spacial score (nSPS) is 35.0. The summed E-state index contributed by atoms with van der Waals surface area (Å²) in [7, 11) is 0. The van der Waals surface area contributed by atoms with Crippen molar-refractivity contribution in [3.8, 4) is 0 Å². The van der Waals surface area contributed by atoms with Crippen LogP contribution in [0.4, 0.5) is 0 Å². The van der Waals surface area contributed by atoms with Gasteiger partial charge >= 0.3 is 0 Å². The molecule has 2 N–H and O–H groups in total. The molecule has 1 aliphatic heterocycles. The maximum Gasteiger partial charge on any atom is 0.251 e. The Kier molecular flexibility index (Phi) is 4.76. The van der Waals surface area contributed by atoms with Crippen LogP contribution < -0.4 is 5.32 Å². The lowest BCUT2D eigenvalue weighted by Crippen LogP contribution is -2.50. The Labute approximate surface area is 101 Å². The average Bonchev–Trinajstić information content (AvgIpc) is 2.56. The molecule has 0 spiro atoms. The van der Waals surface area contributed by atoms with Gasteiger partial charge in [0.05, 0.1) is 32.0 Å².